The van der Waals surface area contributed by atoms with Gasteiger partial charge in [-0.2, -0.15) is 4.98 Å². The van der Waals surface area contributed by atoms with E-state index in [-0.39, 0.29) is 0 Å². The van der Waals surface area contributed by atoms with Crippen LogP contribution < -0.4 is 10.6 Å². The van der Waals surface area contributed by atoms with Crippen molar-refractivity contribution in [3.8, 4) is 11.5 Å². The van der Waals surface area contributed by atoms with Crippen molar-refractivity contribution < 1.29 is 4.52 Å². The first-order chi connectivity index (χ1) is 11.6. The summed E-state index contributed by atoms with van der Waals surface area (Å²) >= 11 is 0. The lowest BCUT2D eigenvalue weighted by Gasteiger charge is -2.13. The molecule has 0 radical (unpaired) electrons. The lowest BCUT2D eigenvalue weighted by atomic mass is 10.1. The Balaban J connectivity index is 1.99. The highest BCUT2D eigenvalue weighted by molar-refractivity contribution is 5.79. The zero-order valence-electron chi connectivity index (χ0n) is 15.0. The van der Waals surface area contributed by atoms with Crippen molar-refractivity contribution in [3.05, 3.63) is 35.7 Å². The van der Waals surface area contributed by atoms with Crippen LogP contribution in [0.4, 0.5) is 0 Å². The van der Waals surface area contributed by atoms with Gasteiger partial charge < -0.3 is 15.2 Å². The normalized spacial score (nSPS) is 11.8. The summed E-state index contributed by atoms with van der Waals surface area (Å²) in [6.07, 6.45) is 1.84. The van der Waals surface area contributed by atoms with Crippen LogP contribution in [0.2, 0.25) is 0 Å². The third-order valence-electron chi connectivity index (χ3n) is 3.48. The predicted molar refractivity (Wildman–Crippen MR) is 96.8 cm³/mol. The van der Waals surface area contributed by atoms with Gasteiger partial charge in [0.05, 0.1) is 0 Å². The second kappa shape index (κ2) is 9.05. The van der Waals surface area contributed by atoms with E-state index in [2.05, 4.69) is 58.7 Å². The summed E-state index contributed by atoms with van der Waals surface area (Å²) in [7, 11) is 1.78. The fourth-order valence-electron chi connectivity index (χ4n) is 2.22. The number of rotatable bonds is 7. The third-order valence-corrected chi connectivity index (χ3v) is 3.48. The quantitative estimate of drug-likeness (QED) is 0.603. The minimum absolute atomic E-state index is 0.571. The number of hydrogen-bond acceptors (Lipinski definition) is 4. The van der Waals surface area contributed by atoms with Gasteiger partial charge in [-0.15, -0.1) is 0 Å². The molecule has 0 aliphatic rings. The Hall–Kier alpha value is -2.37. The SMILES string of the molecule is CCCc1noc(-c2cccc(CNC(=NC)NCC(C)C)c2)n1. The second-order valence-corrected chi connectivity index (χ2v) is 6.17. The van der Waals surface area contributed by atoms with E-state index in [1.165, 1.54) is 0 Å². The van der Waals surface area contributed by atoms with Crippen LogP contribution in [-0.2, 0) is 13.0 Å². The highest BCUT2D eigenvalue weighted by atomic mass is 16.5. The Morgan fingerprint density at radius 2 is 2.12 bits per heavy atom. The highest BCUT2D eigenvalue weighted by Crippen LogP contribution is 2.18. The zero-order chi connectivity index (χ0) is 17.4. The number of guanidine groups is 1. The molecule has 0 atom stereocenters. The topological polar surface area (TPSA) is 75.3 Å². The van der Waals surface area contributed by atoms with Gasteiger partial charge in [0.25, 0.3) is 5.89 Å². The molecule has 0 saturated heterocycles. The van der Waals surface area contributed by atoms with Gasteiger partial charge in [-0.1, -0.05) is 38.1 Å². The van der Waals surface area contributed by atoms with Crippen molar-refractivity contribution in [2.75, 3.05) is 13.6 Å². The van der Waals surface area contributed by atoms with Crippen LogP contribution in [0.25, 0.3) is 11.5 Å². The molecule has 6 nitrogen and oxygen atoms in total. The zero-order valence-corrected chi connectivity index (χ0v) is 15.0. The maximum atomic E-state index is 5.35. The molecule has 6 heteroatoms. The third kappa shape index (κ3) is 5.37. The monoisotopic (exact) mass is 329 g/mol. The standard InChI is InChI=1S/C18H27N5O/c1-5-7-16-22-17(24-23-16)15-9-6-8-14(10-15)12-21-18(19-4)20-11-13(2)3/h6,8-10,13H,5,7,11-12H2,1-4H3,(H2,19,20,21). The molecule has 0 amide bonds. The van der Waals surface area contributed by atoms with E-state index in [0.29, 0.717) is 18.4 Å². The summed E-state index contributed by atoms with van der Waals surface area (Å²) in [5, 5.41) is 10.6. The van der Waals surface area contributed by atoms with Gasteiger partial charge in [-0.25, -0.2) is 0 Å². The van der Waals surface area contributed by atoms with Crippen LogP contribution in [0.5, 0.6) is 0 Å². The smallest absolute Gasteiger partial charge is 0.257 e. The second-order valence-electron chi connectivity index (χ2n) is 6.17. The first-order valence-electron chi connectivity index (χ1n) is 8.48. The fourth-order valence-corrected chi connectivity index (χ4v) is 2.22. The summed E-state index contributed by atoms with van der Waals surface area (Å²) < 4.78 is 5.35. The number of aliphatic imine (C=N–C) groups is 1. The van der Waals surface area contributed by atoms with E-state index >= 15 is 0 Å². The summed E-state index contributed by atoms with van der Waals surface area (Å²) in [4.78, 5) is 8.67. The van der Waals surface area contributed by atoms with Crippen molar-refractivity contribution in [3.63, 3.8) is 0 Å². The Labute approximate surface area is 143 Å². The Bertz CT molecular complexity index is 663. The average molecular weight is 329 g/mol. The van der Waals surface area contributed by atoms with Crippen molar-refractivity contribution in [2.45, 2.75) is 40.2 Å². The molecule has 0 spiro atoms. The van der Waals surface area contributed by atoms with Crippen LogP contribution in [-0.4, -0.2) is 29.7 Å². The van der Waals surface area contributed by atoms with E-state index in [4.69, 9.17) is 4.52 Å². The van der Waals surface area contributed by atoms with Gasteiger partial charge in [0.15, 0.2) is 11.8 Å². The fraction of sp³-hybridized carbons (Fsp3) is 0.500. The average Bonchev–Trinajstić information content (AvgIpc) is 3.04. The molecule has 0 saturated carbocycles. The molecular formula is C18H27N5O. The number of aromatic nitrogens is 2. The van der Waals surface area contributed by atoms with Crippen molar-refractivity contribution in [1.82, 2.24) is 20.8 Å². The molecular weight excluding hydrogens is 302 g/mol. The van der Waals surface area contributed by atoms with Gasteiger partial charge in [-0.3, -0.25) is 4.99 Å². The first kappa shape index (κ1) is 18.0. The Kier molecular flexibility index (Phi) is 6.78. The van der Waals surface area contributed by atoms with Crippen LogP contribution in [0, 0.1) is 5.92 Å². The summed E-state index contributed by atoms with van der Waals surface area (Å²) in [6, 6.07) is 8.11. The number of hydrogen-bond donors (Lipinski definition) is 2. The number of nitrogens with zero attached hydrogens (tertiary/aromatic N) is 3. The van der Waals surface area contributed by atoms with Crippen LogP contribution in [0.1, 0.15) is 38.6 Å². The molecule has 2 N–H and O–H groups in total. The molecule has 2 rings (SSSR count). The molecule has 1 heterocycles. The van der Waals surface area contributed by atoms with E-state index in [9.17, 15) is 0 Å². The lowest BCUT2D eigenvalue weighted by molar-refractivity contribution is 0.422. The molecule has 2 aromatic rings. The van der Waals surface area contributed by atoms with Gasteiger partial charge in [0.2, 0.25) is 0 Å². The van der Waals surface area contributed by atoms with Crippen molar-refractivity contribution in [2.24, 2.45) is 10.9 Å². The van der Waals surface area contributed by atoms with Crippen LogP contribution in [0.3, 0.4) is 0 Å². The largest absolute Gasteiger partial charge is 0.356 e. The van der Waals surface area contributed by atoms with Crippen LogP contribution >= 0.6 is 0 Å². The summed E-state index contributed by atoms with van der Waals surface area (Å²) in [6.45, 7) is 8.01. The number of benzene rings is 1. The first-order valence-corrected chi connectivity index (χ1v) is 8.48. The maximum Gasteiger partial charge on any atom is 0.257 e. The molecule has 1 aromatic heterocycles. The molecule has 0 aliphatic heterocycles. The molecule has 1 aromatic carbocycles. The van der Waals surface area contributed by atoms with Crippen LogP contribution in [0.15, 0.2) is 33.8 Å². The summed E-state index contributed by atoms with van der Waals surface area (Å²) in [5.74, 6) is 2.70. The van der Waals surface area contributed by atoms with Gasteiger partial charge in [0.1, 0.15) is 0 Å². The van der Waals surface area contributed by atoms with E-state index in [1.54, 1.807) is 7.05 Å². The van der Waals surface area contributed by atoms with Gasteiger partial charge in [-0.05, 0) is 30.0 Å². The van der Waals surface area contributed by atoms with E-state index in [1.807, 2.05) is 12.1 Å². The molecule has 0 bridgehead atoms. The van der Waals surface area contributed by atoms with E-state index in [0.717, 1.165) is 42.3 Å². The van der Waals surface area contributed by atoms with E-state index < -0.39 is 0 Å². The maximum absolute atomic E-state index is 5.35. The van der Waals surface area contributed by atoms with Gasteiger partial charge in [0, 0.05) is 32.1 Å². The minimum Gasteiger partial charge on any atom is -0.356 e. The molecule has 0 fully saturated rings. The van der Waals surface area contributed by atoms with Crippen molar-refractivity contribution >= 4 is 5.96 Å². The molecule has 130 valence electrons. The molecule has 24 heavy (non-hydrogen) atoms. The molecule has 0 unspecified atom stereocenters. The highest BCUT2D eigenvalue weighted by Gasteiger charge is 2.09. The van der Waals surface area contributed by atoms with Crippen molar-refractivity contribution in [1.29, 1.82) is 0 Å². The molecule has 0 aliphatic carbocycles. The Morgan fingerprint density at radius 3 is 2.83 bits per heavy atom. The summed E-state index contributed by atoms with van der Waals surface area (Å²) in [5.41, 5.74) is 2.07. The lowest BCUT2D eigenvalue weighted by Crippen LogP contribution is -2.38. The van der Waals surface area contributed by atoms with Gasteiger partial charge >= 0.3 is 0 Å². The number of nitrogens with one attached hydrogen (secondary N) is 2. The predicted octanol–water partition coefficient (Wildman–Crippen LogP) is 3.01. The number of aryl methyl sites for hydroxylation is 1. The minimum atomic E-state index is 0.571. The Morgan fingerprint density at radius 1 is 1.29 bits per heavy atom.